The molecule has 1 N–H and O–H groups in total. The van der Waals surface area contributed by atoms with E-state index in [0.29, 0.717) is 12.2 Å². The molecule has 1 rings (SSSR count). The van der Waals surface area contributed by atoms with E-state index in [4.69, 9.17) is 4.74 Å². The summed E-state index contributed by atoms with van der Waals surface area (Å²) in [4.78, 5) is 2.45. The molecule has 0 spiro atoms. The highest BCUT2D eigenvalue weighted by atomic mass is 16.5. The SMILES string of the molecule is CCN(CC)CC1CCC(CNCC(C)C)O1. The van der Waals surface area contributed by atoms with Gasteiger partial charge >= 0.3 is 0 Å². The Hall–Kier alpha value is -0.120. The predicted octanol–water partition coefficient (Wildman–Crippen LogP) is 2.12. The molecule has 102 valence electrons. The summed E-state index contributed by atoms with van der Waals surface area (Å²) in [6.45, 7) is 14.4. The average molecular weight is 242 g/mol. The average Bonchev–Trinajstić information content (AvgIpc) is 2.73. The zero-order chi connectivity index (χ0) is 12.7. The number of likely N-dealkylation sites (N-methyl/N-ethyl adjacent to an activating group) is 1. The summed E-state index contributed by atoms with van der Waals surface area (Å²) in [5.41, 5.74) is 0. The van der Waals surface area contributed by atoms with E-state index in [-0.39, 0.29) is 0 Å². The fraction of sp³-hybridized carbons (Fsp3) is 1.00. The van der Waals surface area contributed by atoms with E-state index in [1.54, 1.807) is 0 Å². The van der Waals surface area contributed by atoms with Crippen LogP contribution in [0, 0.1) is 5.92 Å². The van der Waals surface area contributed by atoms with E-state index in [0.717, 1.165) is 38.6 Å². The minimum atomic E-state index is 0.439. The standard InChI is InChI=1S/C14H30N2O/c1-5-16(6-2)11-14-8-7-13(17-14)10-15-9-12(3)4/h12-15H,5-11H2,1-4H3. The molecule has 1 aliphatic rings. The Balaban J connectivity index is 2.14. The molecule has 0 radical (unpaired) electrons. The number of hydrogen-bond acceptors (Lipinski definition) is 3. The van der Waals surface area contributed by atoms with Crippen molar-refractivity contribution in [3.8, 4) is 0 Å². The van der Waals surface area contributed by atoms with E-state index >= 15 is 0 Å². The van der Waals surface area contributed by atoms with E-state index in [1.807, 2.05) is 0 Å². The maximum atomic E-state index is 6.07. The second-order valence-corrected chi connectivity index (χ2v) is 5.50. The van der Waals surface area contributed by atoms with Gasteiger partial charge in [0.25, 0.3) is 0 Å². The van der Waals surface area contributed by atoms with Gasteiger partial charge in [0.15, 0.2) is 0 Å². The first-order chi connectivity index (χ1) is 8.15. The van der Waals surface area contributed by atoms with Crippen LogP contribution in [0.4, 0.5) is 0 Å². The third-order valence-electron chi connectivity index (χ3n) is 3.48. The summed E-state index contributed by atoms with van der Waals surface area (Å²) in [7, 11) is 0. The maximum absolute atomic E-state index is 6.07. The minimum Gasteiger partial charge on any atom is -0.372 e. The molecular formula is C14H30N2O. The Morgan fingerprint density at radius 2 is 1.82 bits per heavy atom. The molecule has 0 aromatic rings. The van der Waals surface area contributed by atoms with E-state index in [1.165, 1.54) is 12.8 Å². The monoisotopic (exact) mass is 242 g/mol. The first kappa shape index (κ1) is 14.9. The van der Waals surface area contributed by atoms with Crippen molar-refractivity contribution in [2.24, 2.45) is 5.92 Å². The van der Waals surface area contributed by atoms with Crippen LogP contribution in [0.5, 0.6) is 0 Å². The molecule has 0 saturated carbocycles. The van der Waals surface area contributed by atoms with Gasteiger partial charge in [-0.1, -0.05) is 27.7 Å². The van der Waals surface area contributed by atoms with Gasteiger partial charge in [-0.3, -0.25) is 0 Å². The van der Waals surface area contributed by atoms with Crippen molar-refractivity contribution in [3.63, 3.8) is 0 Å². The Bertz CT molecular complexity index is 193. The van der Waals surface area contributed by atoms with Gasteiger partial charge in [0, 0.05) is 13.1 Å². The molecule has 2 atom stereocenters. The molecule has 1 fully saturated rings. The number of nitrogens with one attached hydrogen (secondary N) is 1. The maximum Gasteiger partial charge on any atom is 0.0707 e. The van der Waals surface area contributed by atoms with Gasteiger partial charge in [-0.2, -0.15) is 0 Å². The van der Waals surface area contributed by atoms with Crippen LogP contribution in [0.15, 0.2) is 0 Å². The van der Waals surface area contributed by atoms with Crippen LogP contribution in [0.25, 0.3) is 0 Å². The molecule has 0 aromatic heterocycles. The van der Waals surface area contributed by atoms with Gasteiger partial charge < -0.3 is 15.0 Å². The smallest absolute Gasteiger partial charge is 0.0707 e. The summed E-state index contributed by atoms with van der Waals surface area (Å²) in [5, 5.41) is 3.49. The van der Waals surface area contributed by atoms with Crippen molar-refractivity contribution in [1.82, 2.24) is 10.2 Å². The fourth-order valence-electron chi connectivity index (χ4n) is 2.37. The molecule has 3 nitrogen and oxygen atoms in total. The van der Waals surface area contributed by atoms with E-state index < -0.39 is 0 Å². The van der Waals surface area contributed by atoms with Crippen molar-refractivity contribution < 1.29 is 4.74 Å². The van der Waals surface area contributed by atoms with Crippen molar-refractivity contribution in [1.29, 1.82) is 0 Å². The molecule has 3 heteroatoms. The van der Waals surface area contributed by atoms with Crippen LogP contribution >= 0.6 is 0 Å². The Labute approximate surface area is 107 Å². The van der Waals surface area contributed by atoms with Gasteiger partial charge in [0.2, 0.25) is 0 Å². The minimum absolute atomic E-state index is 0.439. The lowest BCUT2D eigenvalue weighted by Crippen LogP contribution is -2.34. The number of hydrogen-bond donors (Lipinski definition) is 1. The summed E-state index contributed by atoms with van der Waals surface area (Å²) in [6, 6.07) is 0. The third kappa shape index (κ3) is 5.84. The first-order valence-electron chi connectivity index (χ1n) is 7.24. The van der Waals surface area contributed by atoms with Crippen LogP contribution < -0.4 is 5.32 Å². The fourth-order valence-corrected chi connectivity index (χ4v) is 2.37. The molecule has 17 heavy (non-hydrogen) atoms. The van der Waals surface area contributed by atoms with Gasteiger partial charge in [-0.05, 0) is 38.4 Å². The summed E-state index contributed by atoms with van der Waals surface area (Å²) >= 11 is 0. The lowest BCUT2D eigenvalue weighted by Gasteiger charge is -2.22. The third-order valence-corrected chi connectivity index (χ3v) is 3.48. The second-order valence-electron chi connectivity index (χ2n) is 5.50. The lowest BCUT2D eigenvalue weighted by atomic mass is 10.1. The largest absolute Gasteiger partial charge is 0.372 e. The molecule has 0 amide bonds. The molecule has 0 aromatic carbocycles. The zero-order valence-corrected chi connectivity index (χ0v) is 12.0. The van der Waals surface area contributed by atoms with Gasteiger partial charge in [0.1, 0.15) is 0 Å². The summed E-state index contributed by atoms with van der Waals surface area (Å²) < 4.78 is 6.07. The van der Waals surface area contributed by atoms with Crippen LogP contribution in [-0.4, -0.2) is 49.8 Å². The number of rotatable bonds is 8. The molecular weight excluding hydrogens is 212 g/mol. The number of nitrogens with zero attached hydrogens (tertiary/aromatic N) is 1. The highest BCUT2D eigenvalue weighted by Gasteiger charge is 2.25. The molecule has 1 aliphatic heterocycles. The van der Waals surface area contributed by atoms with Crippen molar-refractivity contribution in [3.05, 3.63) is 0 Å². The van der Waals surface area contributed by atoms with Gasteiger partial charge in [-0.25, -0.2) is 0 Å². The summed E-state index contributed by atoms with van der Waals surface area (Å²) in [5.74, 6) is 0.725. The number of ether oxygens (including phenoxy) is 1. The molecule has 1 saturated heterocycles. The van der Waals surface area contributed by atoms with Crippen molar-refractivity contribution >= 4 is 0 Å². The van der Waals surface area contributed by atoms with E-state index in [2.05, 4.69) is 37.9 Å². The molecule has 0 bridgehead atoms. The van der Waals surface area contributed by atoms with Crippen LogP contribution in [0.3, 0.4) is 0 Å². The highest BCUT2D eigenvalue weighted by molar-refractivity contribution is 4.77. The Morgan fingerprint density at radius 3 is 2.41 bits per heavy atom. The van der Waals surface area contributed by atoms with Gasteiger partial charge in [-0.15, -0.1) is 0 Å². The van der Waals surface area contributed by atoms with Crippen LogP contribution in [0.1, 0.15) is 40.5 Å². The summed E-state index contributed by atoms with van der Waals surface area (Å²) in [6.07, 6.45) is 3.34. The topological polar surface area (TPSA) is 24.5 Å². The molecule has 1 heterocycles. The molecule has 0 aliphatic carbocycles. The molecule has 2 unspecified atom stereocenters. The predicted molar refractivity (Wildman–Crippen MR) is 73.4 cm³/mol. The van der Waals surface area contributed by atoms with Crippen LogP contribution in [-0.2, 0) is 4.74 Å². The van der Waals surface area contributed by atoms with Crippen molar-refractivity contribution in [2.75, 3.05) is 32.7 Å². The quantitative estimate of drug-likeness (QED) is 0.705. The Kier molecular flexibility index (Phi) is 7.09. The van der Waals surface area contributed by atoms with Crippen LogP contribution in [0.2, 0.25) is 0 Å². The van der Waals surface area contributed by atoms with Gasteiger partial charge in [0.05, 0.1) is 12.2 Å². The van der Waals surface area contributed by atoms with E-state index in [9.17, 15) is 0 Å². The zero-order valence-electron chi connectivity index (χ0n) is 12.0. The first-order valence-corrected chi connectivity index (χ1v) is 7.24. The normalized spacial score (nSPS) is 25.1. The lowest BCUT2D eigenvalue weighted by molar-refractivity contribution is 0.0250. The second kappa shape index (κ2) is 8.06. The Morgan fingerprint density at radius 1 is 1.18 bits per heavy atom. The highest BCUT2D eigenvalue weighted by Crippen LogP contribution is 2.20. The van der Waals surface area contributed by atoms with Crippen molar-refractivity contribution in [2.45, 2.75) is 52.7 Å².